The molecule has 1 aromatic carbocycles. The van der Waals surface area contributed by atoms with Gasteiger partial charge in [0.2, 0.25) is 0 Å². The third-order valence-electron chi connectivity index (χ3n) is 2.61. The van der Waals surface area contributed by atoms with Crippen molar-refractivity contribution in [2.75, 3.05) is 13.7 Å². The van der Waals surface area contributed by atoms with E-state index in [1.807, 2.05) is 30.0 Å². The summed E-state index contributed by atoms with van der Waals surface area (Å²) in [5, 5.41) is 13.4. The highest BCUT2D eigenvalue weighted by atomic mass is 32.2. The number of hydrogen-bond acceptors (Lipinski definition) is 4. The van der Waals surface area contributed by atoms with E-state index in [0.29, 0.717) is 21.9 Å². The van der Waals surface area contributed by atoms with E-state index < -0.39 is 0 Å². The lowest BCUT2D eigenvalue weighted by molar-refractivity contribution is 0.413. The molecule has 0 amide bonds. The maximum Gasteiger partial charge on any atom is 0.136 e. The van der Waals surface area contributed by atoms with Gasteiger partial charge in [-0.25, -0.2) is 0 Å². The summed E-state index contributed by atoms with van der Waals surface area (Å²) in [4.78, 5) is 0. The SMILES string of the molecule is COc1ccc(C2NCC(C)S2)cc1C#N. The molecule has 1 saturated heterocycles. The zero-order chi connectivity index (χ0) is 11.5. The number of hydrogen-bond donors (Lipinski definition) is 1. The maximum absolute atomic E-state index is 9.01. The number of thioether (sulfide) groups is 1. The fourth-order valence-electron chi connectivity index (χ4n) is 1.77. The van der Waals surface area contributed by atoms with Crippen LogP contribution in [0.25, 0.3) is 0 Å². The van der Waals surface area contributed by atoms with Gasteiger partial charge in [-0.1, -0.05) is 13.0 Å². The Bertz CT molecular complexity index is 428. The molecule has 1 aromatic rings. The lowest BCUT2D eigenvalue weighted by atomic mass is 10.1. The highest BCUT2D eigenvalue weighted by Gasteiger charge is 2.23. The molecule has 16 heavy (non-hydrogen) atoms. The van der Waals surface area contributed by atoms with Gasteiger partial charge in [0, 0.05) is 11.8 Å². The van der Waals surface area contributed by atoms with E-state index in [-0.39, 0.29) is 0 Å². The molecule has 1 fully saturated rings. The van der Waals surface area contributed by atoms with Gasteiger partial charge in [-0.15, -0.1) is 11.8 Å². The number of benzene rings is 1. The molecule has 0 saturated carbocycles. The van der Waals surface area contributed by atoms with Gasteiger partial charge in [-0.2, -0.15) is 5.26 Å². The Hall–Kier alpha value is -1.18. The summed E-state index contributed by atoms with van der Waals surface area (Å²) in [6, 6.07) is 7.94. The Morgan fingerprint density at radius 1 is 1.56 bits per heavy atom. The van der Waals surface area contributed by atoms with Crippen molar-refractivity contribution in [3.05, 3.63) is 29.3 Å². The van der Waals surface area contributed by atoms with Gasteiger partial charge in [-0.3, -0.25) is 0 Å². The molecule has 2 atom stereocenters. The minimum Gasteiger partial charge on any atom is -0.495 e. The second-order valence-corrected chi connectivity index (χ2v) is 5.35. The van der Waals surface area contributed by atoms with Crippen LogP contribution < -0.4 is 10.1 Å². The van der Waals surface area contributed by atoms with Crippen LogP contribution in [0, 0.1) is 11.3 Å². The van der Waals surface area contributed by atoms with Crippen LogP contribution in [0.5, 0.6) is 5.75 Å². The number of rotatable bonds is 2. The Morgan fingerprint density at radius 3 is 2.94 bits per heavy atom. The monoisotopic (exact) mass is 234 g/mol. The summed E-state index contributed by atoms with van der Waals surface area (Å²) in [5.41, 5.74) is 1.74. The molecule has 0 radical (unpaired) electrons. The topological polar surface area (TPSA) is 45.0 Å². The van der Waals surface area contributed by atoms with E-state index in [1.165, 1.54) is 0 Å². The lowest BCUT2D eigenvalue weighted by Gasteiger charge is -2.11. The zero-order valence-corrected chi connectivity index (χ0v) is 10.2. The number of nitriles is 1. The fraction of sp³-hybridized carbons (Fsp3) is 0.417. The Morgan fingerprint density at radius 2 is 2.38 bits per heavy atom. The van der Waals surface area contributed by atoms with Gasteiger partial charge in [-0.05, 0) is 17.7 Å². The van der Waals surface area contributed by atoms with Gasteiger partial charge in [0.15, 0.2) is 0 Å². The normalized spacial score (nSPS) is 24.1. The van der Waals surface area contributed by atoms with Crippen molar-refractivity contribution >= 4 is 11.8 Å². The molecule has 0 bridgehead atoms. The van der Waals surface area contributed by atoms with Crippen molar-refractivity contribution in [1.29, 1.82) is 5.26 Å². The first-order valence-electron chi connectivity index (χ1n) is 5.21. The second-order valence-electron chi connectivity index (χ2n) is 3.81. The average molecular weight is 234 g/mol. The highest BCUT2D eigenvalue weighted by Crippen LogP contribution is 2.36. The molecule has 0 aliphatic carbocycles. The number of nitrogens with one attached hydrogen (secondary N) is 1. The molecule has 4 heteroatoms. The predicted molar refractivity (Wildman–Crippen MR) is 65.5 cm³/mol. The van der Waals surface area contributed by atoms with Crippen LogP contribution in [0.1, 0.15) is 23.4 Å². The smallest absolute Gasteiger partial charge is 0.136 e. The van der Waals surface area contributed by atoms with Crippen LogP contribution in [-0.2, 0) is 0 Å². The maximum atomic E-state index is 9.01. The first kappa shape index (κ1) is 11.3. The third-order valence-corrected chi connectivity index (χ3v) is 3.95. The van der Waals surface area contributed by atoms with Gasteiger partial charge < -0.3 is 10.1 Å². The van der Waals surface area contributed by atoms with Gasteiger partial charge in [0.05, 0.1) is 18.0 Å². The highest BCUT2D eigenvalue weighted by molar-refractivity contribution is 8.00. The van der Waals surface area contributed by atoms with Gasteiger partial charge in [0.25, 0.3) is 0 Å². The molecule has 1 aliphatic rings. The summed E-state index contributed by atoms with van der Waals surface area (Å²) in [7, 11) is 1.58. The van der Waals surface area contributed by atoms with E-state index in [9.17, 15) is 0 Å². The van der Waals surface area contributed by atoms with E-state index >= 15 is 0 Å². The van der Waals surface area contributed by atoms with Crippen molar-refractivity contribution in [3.63, 3.8) is 0 Å². The first-order chi connectivity index (χ1) is 7.74. The number of methoxy groups -OCH3 is 1. The molecule has 3 nitrogen and oxygen atoms in total. The van der Waals surface area contributed by atoms with Crippen molar-refractivity contribution < 1.29 is 4.74 Å². The molecule has 1 heterocycles. The molecule has 0 aromatic heterocycles. The molecule has 0 spiro atoms. The predicted octanol–water partition coefficient (Wildman–Crippen LogP) is 2.29. The largest absolute Gasteiger partial charge is 0.495 e. The zero-order valence-electron chi connectivity index (χ0n) is 9.36. The van der Waals surface area contributed by atoms with E-state index in [2.05, 4.69) is 18.3 Å². The number of nitrogens with zero attached hydrogens (tertiary/aromatic N) is 1. The third kappa shape index (κ3) is 2.16. The Labute approximate surface area is 99.8 Å². The lowest BCUT2D eigenvalue weighted by Crippen LogP contribution is -2.14. The molecular weight excluding hydrogens is 220 g/mol. The Balaban J connectivity index is 2.26. The quantitative estimate of drug-likeness (QED) is 0.852. The van der Waals surface area contributed by atoms with E-state index in [1.54, 1.807) is 7.11 Å². The second kappa shape index (κ2) is 4.77. The first-order valence-corrected chi connectivity index (χ1v) is 6.15. The van der Waals surface area contributed by atoms with Crippen LogP contribution >= 0.6 is 11.8 Å². The summed E-state index contributed by atoms with van der Waals surface area (Å²) >= 11 is 1.89. The van der Waals surface area contributed by atoms with Gasteiger partial charge in [0.1, 0.15) is 11.8 Å². The van der Waals surface area contributed by atoms with Crippen molar-refractivity contribution in [1.82, 2.24) is 5.32 Å². The summed E-state index contributed by atoms with van der Waals surface area (Å²) in [6.45, 7) is 3.22. The van der Waals surface area contributed by atoms with E-state index in [0.717, 1.165) is 12.1 Å². The van der Waals surface area contributed by atoms with Crippen LogP contribution in [0.15, 0.2) is 18.2 Å². The summed E-state index contributed by atoms with van der Waals surface area (Å²) in [6.07, 6.45) is 0. The molecule has 1 N–H and O–H groups in total. The van der Waals surface area contributed by atoms with Crippen LogP contribution in [0.2, 0.25) is 0 Å². The van der Waals surface area contributed by atoms with Crippen molar-refractivity contribution in [3.8, 4) is 11.8 Å². The van der Waals surface area contributed by atoms with Crippen LogP contribution in [0.3, 0.4) is 0 Å². The molecule has 1 aliphatic heterocycles. The van der Waals surface area contributed by atoms with Gasteiger partial charge >= 0.3 is 0 Å². The molecule has 2 rings (SSSR count). The molecular formula is C12H14N2OS. The van der Waals surface area contributed by atoms with Crippen LogP contribution in [0.4, 0.5) is 0 Å². The van der Waals surface area contributed by atoms with Crippen LogP contribution in [-0.4, -0.2) is 18.9 Å². The van der Waals surface area contributed by atoms with E-state index in [4.69, 9.17) is 10.00 Å². The standard InChI is InChI=1S/C12H14N2OS/c1-8-7-14-12(16-8)9-3-4-11(15-2)10(5-9)6-13/h3-5,8,12,14H,7H2,1-2H3. The minimum absolute atomic E-state index is 0.299. The Kier molecular flexibility index (Phi) is 3.37. The average Bonchev–Trinajstić information content (AvgIpc) is 2.75. The summed E-state index contributed by atoms with van der Waals surface area (Å²) < 4.78 is 5.13. The number of ether oxygens (including phenoxy) is 1. The minimum atomic E-state index is 0.299. The van der Waals surface area contributed by atoms with Crippen molar-refractivity contribution in [2.24, 2.45) is 0 Å². The summed E-state index contributed by atoms with van der Waals surface area (Å²) in [5.74, 6) is 0.641. The molecule has 84 valence electrons. The van der Waals surface area contributed by atoms with Crippen molar-refractivity contribution in [2.45, 2.75) is 17.5 Å². The molecule has 2 unspecified atom stereocenters. The fourth-order valence-corrected chi connectivity index (χ4v) is 2.93.